The Morgan fingerprint density at radius 1 is 1.07 bits per heavy atom. The van der Waals surface area contributed by atoms with Crippen molar-refractivity contribution >= 4 is 17.8 Å². The molecule has 28 heavy (non-hydrogen) atoms. The number of fused-ring (bicyclic) bond motifs is 1. The average Bonchev–Trinajstić information content (AvgIpc) is 2.85. The van der Waals surface area contributed by atoms with Gasteiger partial charge in [-0.1, -0.05) is 38.1 Å². The lowest BCUT2D eigenvalue weighted by molar-refractivity contribution is -0.127. The molecule has 5 heteroatoms. The largest absolute Gasteiger partial charge is 0.493 e. The summed E-state index contributed by atoms with van der Waals surface area (Å²) in [6, 6.07) is 11.2. The number of amides is 1. The van der Waals surface area contributed by atoms with Crippen molar-refractivity contribution in [3.63, 3.8) is 0 Å². The Hall–Kier alpha value is -3.08. The number of carbonyl (C=O) groups is 2. The molecular weight excluding hydrogens is 354 g/mol. The Labute approximate surface area is 165 Å². The Kier molecular flexibility index (Phi) is 5.83. The lowest BCUT2D eigenvalue weighted by Crippen LogP contribution is -2.31. The normalized spacial score (nSPS) is 13.3. The molecule has 1 aliphatic heterocycles. The van der Waals surface area contributed by atoms with Crippen LogP contribution in [-0.4, -0.2) is 37.4 Å². The monoisotopic (exact) mass is 379 g/mol. The number of methoxy groups -OCH3 is 2. The van der Waals surface area contributed by atoms with E-state index in [9.17, 15) is 9.59 Å². The molecule has 0 saturated heterocycles. The van der Waals surface area contributed by atoms with E-state index < -0.39 is 0 Å². The second-order valence-electron chi connectivity index (χ2n) is 7.12. The van der Waals surface area contributed by atoms with E-state index in [-0.39, 0.29) is 24.7 Å². The van der Waals surface area contributed by atoms with Gasteiger partial charge >= 0.3 is 0 Å². The number of rotatable bonds is 6. The van der Waals surface area contributed by atoms with Crippen molar-refractivity contribution in [3.05, 3.63) is 64.9 Å². The molecule has 0 bridgehead atoms. The molecule has 0 atom stereocenters. The molecule has 0 aliphatic carbocycles. The molecule has 0 N–H and O–H groups in total. The first-order chi connectivity index (χ1) is 13.4. The molecule has 3 rings (SSSR count). The predicted octanol–water partition coefficient (Wildman–Crippen LogP) is 4.07. The van der Waals surface area contributed by atoms with E-state index in [1.807, 2.05) is 42.5 Å². The van der Waals surface area contributed by atoms with Crippen LogP contribution in [0, 0.1) is 0 Å². The van der Waals surface area contributed by atoms with Gasteiger partial charge in [0.2, 0.25) is 5.91 Å². The fraction of sp³-hybridized carbons (Fsp3) is 0.304. The van der Waals surface area contributed by atoms with Crippen LogP contribution in [0.25, 0.3) is 6.08 Å². The summed E-state index contributed by atoms with van der Waals surface area (Å²) < 4.78 is 10.7. The number of nitrogens with zero attached hydrogens (tertiary/aromatic N) is 1. The van der Waals surface area contributed by atoms with Gasteiger partial charge < -0.3 is 14.4 Å². The second-order valence-corrected chi connectivity index (χ2v) is 7.12. The van der Waals surface area contributed by atoms with Crippen molar-refractivity contribution < 1.29 is 19.1 Å². The maximum atomic E-state index is 12.7. The number of hydrogen-bond acceptors (Lipinski definition) is 4. The third kappa shape index (κ3) is 4.09. The van der Waals surface area contributed by atoms with E-state index in [0.717, 1.165) is 11.1 Å². The maximum Gasteiger partial charge on any atom is 0.231 e. The highest BCUT2D eigenvalue weighted by molar-refractivity contribution is 6.00. The summed E-state index contributed by atoms with van der Waals surface area (Å²) in [7, 11) is 3.14. The topological polar surface area (TPSA) is 55.8 Å². The summed E-state index contributed by atoms with van der Waals surface area (Å²) in [6.45, 7) is 4.23. The Bertz CT molecular complexity index is 913. The minimum atomic E-state index is -0.130. The molecule has 0 aromatic heterocycles. The number of carbonyl (C=O) groups excluding carboxylic acids is 2. The Morgan fingerprint density at radius 3 is 2.32 bits per heavy atom. The lowest BCUT2D eigenvalue weighted by Gasteiger charge is -2.16. The molecular formula is C23H25NO4. The van der Waals surface area contributed by atoms with Crippen LogP contribution in [0.2, 0.25) is 0 Å². The summed E-state index contributed by atoms with van der Waals surface area (Å²) in [5.41, 5.74) is 3.51. The highest BCUT2D eigenvalue weighted by atomic mass is 16.5. The summed E-state index contributed by atoms with van der Waals surface area (Å²) in [5, 5.41) is 0. The second kappa shape index (κ2) is 8.30. The highest BCUT2D eigenvalue weighted by Gasteiger charge is 2.22. The van der Waals surface area contributed by atoms with Gasteiger partial charge in [-0.15, -0.1) is 0 Å². The standard InChI is InChI=1S/C23H25NO4/c1-15(2)16-5-7-17(8-6-16)20(25)14-24-10-9-18-11-21(27-3)22(28-4)12-19(18)13-23(24)26/h5-12,15H,13-14H2,1-4H3. The summed E-state index contributed by atoms with van der Waals surface area (Å²) in [5.74, 6) is 1.38. The summed E-state index contributed by atoms with van der Waals surface area (Å²) in [4.78, 5) is 26.8. The molecule has 146 valence electrons. The fourth-order valence-corrected chi connectivity index (χ4v) is 3.20. The van der Waals surface area contributed by atoms with Gasteiger partial charge in [-0.2, -0.15) is 0 Å². The smallest absolute Gasteiger partial charge is 0.231 e. The quantitative estimate of drug-likeness (QED) is 0.710. The van der Waals surface area contributed by atoms with Crippen LogP contribution in [-0.2, 0) is 11.2 Å². The maximum absolute atomic E-state index is 12.7. The average molecular weight is 379 g/mol. The fourth-order valence-electron chi connectivity index (χ4n) is 3.20. The van der Waals surface area contributed by atoms with Gasteiger partial charge in [0.15, 0.2) is 17.3 Å². The number of Topliss-reactive ketones (excluding diaryl/α,β-unsaturated/α-hetero) is 1. The van der Waals surface area contributed by atoms with Crippen molar-refractivity contribution in [3.8, 4) is 11.5 Å². The zero-order valence-corrected chi connectivity index (χ0v) is 16.7. The molecule has 0 fully saturated rings. The van der Waals surface area contributed by atoms with Crippen LogP contribution in [0.5, 0.6) is 11.5 Å². The third-order valence-electron chi connectivity index (χ3n) is 4.95. The minimum absolute atomic E-state index is 0.0125. The van der Waals surface area contributed by atoms with E-state index in [4.69, 9.17) is 9.47 Å². The van der Waals surface area contributed by atoms with Crippen molar-refractivity contribution in [2.45, 2.75) is 26.2 Å². The summed E-state index contributed by atoms with van der Waals surface area (Å²) >= 11 is 0. The molecule has 0 saturated carbocycles. The first-order valence-corrected chi connectivity index (χ1v) is 9.28. The van der Waals surface area contributed by atoms with Gasteiger partial charge in [0.25, 0.3) is 0 Å². The van der Waals surface area contributed by atoms with Crippen molar-refractivity contribution in [2.24, 2.45) is 0 Å². The van der Waals surface area contributed by atoms with Gasteiger partial charge in [0, 0.05) is 11.8 Å². The zero-order chi connectivity index (χ0) is 20.3. The molecule has 1 amide bonds. The lowest BCUT2D eigenvalue weighted by atomic mass is 10.0. The number of benzene rings is 2. The Morgan fingerprint density at radius 2 is 1.71 bits per heavy atom. The van der Waals surface area contributed by atoms with Gasteiger partial charge in [0.05, 0.1) is 27.2 Å². The van der Waals surface area contributed by atoms with E-state index in [1.165, 1.54) is 10.5 Å². The zero-order valence-electron chi connectivity index (χ0n) is 16.7. The molecule has 0 spiro atoms. The molecule has 2 aromatic rings. The molecule has 0 radical (unpaired) electrons. The number of ketones is 1. The van der Waals surface area contributed by atoms with Crippen molar-refractivity contribution in [1.29, 1.82) is 0 Å². The van der Waals surface area contributed by atoms with E-state index in [1.54, 1.807) is 20.4 Å². The van der Waals surface area contributed by atoms with Crippen LogP contribution in [0.15, 0.2) is 42.6 Å². The van der Waals surface area contributed by atoms with Crippen molar-refractivity contribution in [2.75, 3.05) is 20.8 Å². The van der Waals surface area contributed by atoms with Gasteiger partial charge in [-0.3, -0.25) is 9.59 Å². The van der Waals surface area contributed by atoms with E-state index in [0.29, 0.717) is 23.0 Å². The molecule has 0 unspecified atom stereocenters. The van der Waals surface area contributed by atoms with Crippen LogP contribution < -0.4 is 9.47 Å². The molecule has 5 nitrogen and oxygen atoms in total. The number of ether oxygens (including phenoxy) is 2. The first-order valence-electron chi connectivity index (χ1n) is 9.28. The molecule has 2 aromatic carbocycles. The van der Waals surface area contributed by atoms with E-state index >= 15 is 0 Å². The van der Waals surface area contributed by atoms with Crippen molar-refractivity contribution in [1.82, 2.24) is 4.90 Å². The third-order valence-corrected chi connectivity index (χ3v) is 4.95. The first kappa shape index (κ1) is 19.7. The van der Waals surface area contributed by atoms with Gasteiger partial charge in [-0.05, 0) is 40.8 Å². The van der Waals surface area contributed by atoms with Crippen LogP contribution >= 0.6 is 0 Å². The SMILES string of the molecule is COc1cc2c(cc1OC)CC(=O)N(CC(=O)c1ccc(C(C)C)cc1)C=C2. The van der Waals surface area contributed by atoms with Gasteiger partial charge in [0.1, 0.15) is 0 Å². The highest BCUT2D eigenvalue weighted by Crippen LogP contribution is 2.32. The van der Waals surface area contributed by atoms with E-state index in [2.05, 4.69) is 13.8 Å². The predicted molar refractivity (Wildman–Crippen MR) is 109 cm³/mol. The molecule has 1 heterocycles. The minimum Gasteiger partial charge on any atom is -0.493 e. The van der Waals surface area contributed by atoms with Crippen LogP contribution in [0.1, 0.15) is 46.8 Å². The van der Waals surface area contributed by atoms with Crippen LogP contribution in [0.4, 0.5) is 0 Å². The Balaban J connectivity index is 1.78. The van der Waals surface area contributed by atoms with Gasteiger partial charge in [-0.25, -0.2) is 0 Å². The molecule has 1 aliphatic rings. The van der Waals surface area contributed by atoms with Crippen LogP contribution in [0.3, 0.4) is 0 Å². The summed E-state index contributed by atoms with van der Waals surface area (Å²) in [6.07, 6.45) is 3.69. The number of hydrogen-bond donors (Lipinski definition) is 0.